The molecule has 0 spiro atoms. The Morgan fingerprint density at radius 2 is 1.95 bits per heavy atom. The number of nitrogens with two attached hydrogens (primary N) is 1. The van der Waals surface area contributed by atoms with Gasteiger partial charge in [-0.15, -0.1) is 0 Å². The number of sulfonamides is 1. The van der Waals surface area contributed by atoms with Crippen LogP contribution >= 0.6 is 15.9 Å². The number of halogens is 1. The molecule has 0 heterocycles. The van der Waals surface area contributed by atoms with Gasteiger partial charge in [-0.3, -0.25) is 0 Å². The second kappa shape index (κ2) is 5.66. The largest absolute Gasteiger partial charge is 0.398 e. The lowest BCUT2D eigenvalue weighted by Gasteiger charge is -2.20. The van der Waals surface area contributed by atoms with Crippen LogP contribution in [0.4, 0.5) is 5.69 Å². The minimum atomic E-state index is -3.52. The third-order valence-electron chi connectivity index (χ3n) is 4.36. The molecule has 0 aliphatic heterocycles. The summed E-state index contributed by atoms with van der Waals surface area (Å²) >= 11 is 3.31. The van der Waals surface area contributed by atoms with Gasteiger partial charge >= 0.3 is 0 Å². The Morgan fingerprint density at radius 1 is 1.30 bits per heavy atom. The van der Waals surface area contributed by atoms with Crippen molar-refractivity contribution in [3.05, 3.63) is 22.2 Å². The molecule has 1 saturated carbocycles. The van der Waals surface area contributed by atoms with Crippen molar-refractivity contribution < 1.29 is 8.42 Å². The molecule has 0 saturated heterocycles. The molecule has 0 bridgehead atoms. The highest BCUT2D eigenvalue weighted by Gasteiger charge is 2.33. The first kappa shape index (κ1) is 15.8. The van der Waals surface area contributed by atoms with Crippen molar-refractivity contribution in [3.63, 3.8) is 0 Å². The summed E-state index contributed by atoms with van der Waals surface area (Å²) in [7, 11) is -3.52. The lowest BCUT2D eigenvalue weighted by molar-refractivity contribution is 0.402. The molecule has 6 heteroatoms. The highest BCUT2D eigenvalue weighted by Crippen LogP contribution is 2.33. The summed E-state index contributed by atoms with van der Waals surface area (Å²) in [5.74, 6) is 0.914. The molecule has 112 valence electrons. The van der Waals surface area contributed by atoms with Gasteiger partial charge in [0.05, 0.1) is 4.90 Å². The Hall–Kier alpha value is -0.590. The third kappa shape index (κ3) is 3.02. The first-order valence-corrected chi connectivity index (χ1v) is 9.08. The normalized spacial score (nSPS) is 26.9. The van der Waals surface area contributed by atoms with Crippen molar-refractivity contribution in [3.8, 4) is 0 Å². The van der Waals surface area contributed by atoms with Crippen molar-refractivity contribution in [1.82, 2.24) is 4.72 Å². The van der Waals surface area contributed by atoms with E-state index >= 15 is 0 Å². The van der Waals surface area contributed by atoms with Gasteiger partial charge in [0, 0.05) is 16.2 Å². The number of benzene rings is 1. The van der Waals surface area contributed by atoms with Crippen LogP contribution in [0.5, 0.6) is 0 Å². The lowest BCUT2D eigenvalue weighted by atomic mass is 9.98. The number of aryl methyl sites for hydroxylation is 1. The molecule has 0 radical (unpaired) electrons. The highest BCUT2D eigenvalue weighted by molar-refractivity contribution is 9.10. The number of anilines is 1. The number of hydrogen-bond acceptors (Lipinski definition) is 3. The Morgan fingerprint density at radius 3 is 2.50 bits per heavy atom. The molecule has 2 rings (SSSR count). The predicted octanol–water partition coefficient (Wildman–Crippen LogP) is 3.05. The van der Waals surface area contributed by atoms with E-state index in [0.717, 1.165) is 17.3 Å². The van der Waals surface area contributed by atoms with Gasteiger partial charge in [-0.05, 0) is 65.2 Å². The Labute approximate surface area is 129 Å². The predicted molar refractivity (Wildman–Crippen MR) is 85.0 cm³/mol. The van der Waals surface area contributed by atoms with Gasteiger partial charge in [-0.2, -0.15) is 0 Å². The van der Waals surface area contributed by atoms with Crippen LogP contribution in [0.25, 0.3) is 0 Å². The fourth-order valence-electron chi connectivity index (χ4n) is 2.75. The molecule has 1 aliphatic carbocycles. The molecule has 1 aromatic carbocycles. The average Bonchev–Trinajstić information content (AvgIpc) is 2.65. The first-order chi connectivity index (χ1) is 9.22. The highest BCUT2D eigenvalue weighted by atomic mass is 79.9. The van der Waals surface area contributed by atoms with Crippen molar-refractivity contribution in [2.45, 2.75) is 44.6 Å². The standard InChI is InChI=1S/C14H21BrN2O2S/c1-8-4-5-13(10(8)3)17-20(18,19)14-7-12(16)11(15)6-9(14)2/h6-8,10,13,17H,4-5,16H2,1-3H3. The monoisotopic (exact) mass is 360 g/mol. The van der Waals surface area contributed by atoms with Gasteiger partial charge in [-0.25, -0.2) is 13.1 Å². The van der Waals surface area contributed by atoms with Crippen LogP contribution in [0.1, 0.15) is 32.3 Å². The van der Waals surface area contributed by atoms with Gasteiger partial charge < -0.3 is 5.73 Å². The van der Waals surface area contributed by atoms with Crippen LogP contribution in [-0.4, -0.2) is 14.5 Å². The molecule has 3 N–H and O–H groups in total. The topological polar surface area (TPSA) is 72.2 Å². The lowest BCUT2D eigenvalue weighted by Crippen LogP contribution is -2.37. The quantitative estimate of drug-likeness (QED) is 0.813. The fraction of sp³-hybridized carbons (Fsp3) is 0.571. The maximum atomic E-state index is 12.5. The van der Waals surface area contributed by atoms with Crippen molar-refractivity contribution in [2.24, 2.45) is 11.8 Å². The third-order valence-corrected chi connectivity index (χ3v) is 6.67. The summed E-state index contributed by atoms with van der Waals surface area (Å²) in [6.07, 6.45) is 1.96. The first-order valence-electron chi connectivity index (χ1n) is 6.80. The zero-order valence-corrected chi connectivity index (χ0v) is 14.4. The van der Waals surface area contributed by atoms with Crippen molar-refractivity contribution in [2.75, 3.05) is 5.73 Å². The summed E-state index contributed by atoms with van der Waals surface area (Å²) < 4.78 is 28.6. The molecule has 3 atom stereocenters. The average molecular weight is 361 g/mol. The van der Waals surface area contributed by atoms with Gasteiger partial charge in [0.15, 0.2) is 0 Å². The summed E-state index contributed by atoms with van der Waals surface area (Å²) in [5.41, 5.74) is 6.93. The van der Waals surface area contributed by atoms with Crippen LogP contribution in [0.3, 0.4) is 0 Å². The molecular weight excluding hydrogens is 340 g/mol. The SMILES string of the molecule is Cc1cc(Br)c(N)cc1S(=O)(=O)NC1CCC(C)C1C. The maximum Gasteiger partial charge on any atom is 0.241 e. The molecule has 0 amide bonds. The van der Waals surface area contributed by atoms with E-state index in [1.807, 2.05) is 0 Å². The summed E-state index contributed by atoms with van der Waals surface area (Å²) in [6, 6.07) is 3.27. The molecular formula is C14H21BrN2O2S. The molecule has 4 nitrogen and oxygen atoms in total. The van der Waals surface area contributed by atoms with E-state index < -0.39 is 10.0 Å². The van der Waals surface area contributed by atoms with Gasteiger partial charge in [0.2, 0.25) is 10.0 Å². The van der Waals surface area contributed by atoms with E-state index in [2.05, 4.69) is 34.5 Å². The Bertz CT molecular complexity index is 616. The molecule has 1 aromatic rings. The van der Waals surface area contributed by atoms with E-state index in [1.54, 1.807) is 13.0 Å². The van der Waals surface area contributed by atoms with E-state index in [0.29, 0.717) is 23.1 Å². The second-order valence-corrected chi connectivity index (χ2v) is 8.32. The fourth-order valence-corrected chi connectivity index (χ4v) is 4.83. The zero-order valence-electron chi connectivity index (χ0n) is 12.0. The molecule has 3 unspecified atom stereocenters. The van der Waals surface area contributed by atoms with Crippen LogP contribution in [0, 0.1) is 18.8 Å². The van der Waals surface area contributed by atoms with Crippen molar-refractivity contribution in [1.29, 1.82) is 0 Å². The van der Waals surface area contributed by atoms with Crippen LogP contribution in [0.2, 0.25) is 0 Å². The number of nitrogen functional groups attached to an aromatic ring is 1. The molecule has 0 aromatic heterocycles. The second-order valence-electron chi connectivity index (χ2n) is 5.78. The van der Waals surface area contributed by atoms with Gasteiger partial charge in [0.25, 0.3) is 0 Å². The van der Waals surface area contributed by atoms with E-state index in [4.69, 9.17) is 5.73 Å². The Balaban J connectivity index is 2.30. The minimum absolute atomic E-state index is 0.0132. The van der Waals surface area contributed by atoms with Crippen LogP contribution in [0.15, 0.2) is 21.5 Å². The maximum absolute atomic E-state index is 12.5. The van der Waals surface area contributed by atoms with Crippen molar-refractivity contribution >= 4 is 31.6 Å². The molecule has 20 heavy (non-hydrogen) atoms. The summed E-state index contributed by atoms with van der Waals surface area (Å²) in [5, 5.41) is 0. The summed E-state index contributed by atoms with van der Waals surface area (Å²) in [6.45, 7) is 6.05. The number of nitrogens with one attached hydrogen (secondary N) is 1. The Kier molecular flexibility index (Phi) is 4.47. The molecule has 1 fully saturated rings. The number of rotatable bonds is 3. The van der Waals surface area contributed by atoms with Crippen LogP contribution < -0.4 is 10.5 Å². The molecule has 1 aliphatic rings. The number of hydrogen-bond donors (Lipinski definition) is 2. The van der Waals surface area contributed by atoms with E-state index in [1.165, 1.54) is 6.07 Å². The van der Waals surface area contributed by atoms with E-state index in [-0.39, 0.29) is 10.9 Å². The smallest absolute Gasteiger partial charge is 0.241 e. The zero-order chi connectivity index (χ0) is 15.1. The van der Waals surface area contributed by atoms with E-state index in [9.17, 15) is 8.42 Å². The minimum Gasteiger partial charge on any atom is -0.398 e. The van der Waals surface area contributed by atoms with Crippen LogP contribution in [-0.2, 0) is 10.0 Å². The summed E-state index contributed by atoms with van der Waals surface area (Å²) in [4.78, 5) is 0.268. The van der Waals surface area contributed by atoms with Gasteiger partial charge in [-0.1, -0.05) is 13.8 Å². The van der Waals surface area contributed by atoms with Gasteiger partial charge in [0.1, 0.15) is 0 Å².